The van der Waals surface area contributed by atoms with E-state index in [9.17, 15) is 9.59 Å². The van der Waals surface area contributed by atoms with E-state index in [0.29, 0.717) is 25.3 Å². The molecule has 1 aliphatic carbocycles. The van der Waals surface area contributed by atoms with Crippen molar-refractivity contribution in [1.29, 1.82) is 0 Å². The first-order valence-electron chi connectivity index (χ1n) is 9.28. The van der Waals surface area contributed by atoms with Gasteiger partial charge in [-0.15, -0.1) is 0 Å². The minimum Gasteiger partial charge on any atom is -0.334 e. The molecule has 1 N–H and O–H groups in total. The predicted molar refractivity (Wildman–Crippen MR) is 96.4 cm³/mol. The molecule has 6 heteroatoms. The summed E-state index contributed by atoms with van der Waals surface area (Å²) in [6.07, 6.45) is 7.26. The van der Waals surface area contributed by atoms with Gasteiger partial charge < -0.3 is 10.2 Å². The number of likely N-dealkylation sites (tertiary alicyclic amines) is 1. The van der Waals surface area contributed by atoms with Crippen molar-refractivity contribution in [3.8, 4) is 0 Å². The quantitative estimate of drug-likeness (QED) is 0.924. The van der Waals surface area contributed by atoms with E-state index >= 15 is 0 Å². The van der Waals surface area contributed by atoms with Crippen LogP contribution in [-0.4, -0.2) is 33.0 Å². The first kappa shape index (κ1) is 15.6. The number of anilines is 1. The van der Waals surface area contributed by atoms with Crippen molar-refractivity contribution in [3.05, 3.63) is 47.8 Å². The Morgan fingerprint density at radius 1 is 1.35 bits per heavy atom. The van der Waals surface area contributed by atoms with Crippen LogP contribution in [0.15, 0.2) is 36.7 Å². The molecule has 2 aromatic rings. The van der Waals surface area contributed by atoms with Gasteiger partial charge in [0.25, 0.3) is 0 Å². The zero-order chi connectivity index (χ0) is 17.9. The van der Waals surface area contributed by atoms with Crippen molar-refractivity contribution >= 4 is 17.5 Å². The summed E-state index contributed by atoms with van der Waals surface area (Å²) in [6, 6.07) is 7.56. The van der Waals surface area contributed by atoms with Gasteiger partial charge in [-0.2, -0.15) is 5.10 Å². The number of carbonyl (C=O) groups is 2. The van der Waals surface area contributed by atoms with Gasteiger partial charge in [-0.3, -0.25) is 14.3 Å². The molecular weight excluding hydrogens is 328 g/mol. The summed E-state index contributed by atoms with van der Waals surface area (Å²) in [5.41, 5.74) is 2.07. The van der Waals surface area contributed by atoms with Crippen LogP contribution in [0.25, 0.3) is 0 Å². The number of amides is 2. The highest BCUT2D eigenvalue weighted by Crippen LogP contribution is 2.55. The summed E-state index contributed by atoms with van der Waals surface area (Å²) < 4.78 is 1.74. The highest BCUT2D eigenvalue weighted by molar-refractivity contribution is 6.07. The first-order chi connectivity index (χ1) is 12.6. The van der Waals surface area contributed by atoms with Crippen molar-refractivity contribution in [1.82, 2.24) is 14.7 Å². The Kier molecular flexibility index (Phi) is 3.26. The molecule has 2 atom stereocenters. The van der Waals surface area contributed by atoms with Gasteiger partial charge in [0.05, 0.1) is 12.2 Å². The summed E-state index contributed by atoms with van der Waals surface area (Å²) >= 11 is 0. The molecule has 26 heavy (non-hydrogen) atoms. The number of benzene rings is 1. The molecule has 1 aromatic carbocycles. The lowest BCUT2D eigenvalue weighted by Crippen LogP contribution is -2.42. The molecule has 2 aliphatic heterocycles. The fourth-order valence-corrected chi connectivity index (χ4v) is 4.69. The normalized spacial score (nSPS) is 27.0. The Labute approximate surface area is 152 Å². The molecular formula is C20H22N4O2. The van der Waals surface area contributed by atoms with Crippen LogP contribution in [0.3, 0.4) is 0 Å². The number of hydrogen-bond donors (Lipinski definition) is 1. The number of para-hydroxylation sites is 1. The third kappa shape index (κ3) is 2.14. The number of aromatic nitrogens is 2. The Bertz CT molecular complexity index is 901. The Balaban J connectivity index is 1.63. The van der Waals surface area contributed by atoms with Crippen LogP contribution < -0.4 is 5.32 Å². The maximum atomic E-state index is 13.2. The van der Waals surface area contributed by atoms with Crippen LogP contribution in [0.5, 0.6) is 0 Å². The summed E-state index contributed by atoms with van der Waals surface area (Å²) in [7, 11) is 1.87. The Morgan fingerprint density at radius 2 is 2.15 bits per heavy atom. The van der Waals surface area contributed by atoms with E-state index in [1.807, 2.05) is 42.4 Å². The molecule has 3 aliphatic rings. The number of hydrogen-bond acceptors (Lipinski definition) is 3. The second kappa shape index (κ2) is 5.43. The number of fused-ring (bicyclic) bond motifs is 2. The minimum absolute atomic E-state index is 0.00530. The smallest absolute Gasteiger partial charge is 0.237 e. The van der Waals surface area contributed by atoms with E-state index in [-0.39, 0.29) is 17.9 Å². The molecule has 5 rings (SSSR count). The molecule has 1 saturated carbocycles. The SMILES string of the molecule is Cn1cc(C2N(C(=O)CC3CC3)CCC23C(=O)Nc2ccccc23)cn1. The van der Waals surface area contributed by atoms with Crippen molar-refractivity contribution in [2.75, 3.05) is 11.9 Å². The van der Waals surface area contributed by atoms with E-state index in [2.05, 4.69) is 10.4 Å². The van der Waals surface area contributed by atoms with Crippen LogP contribution in [-0.2, 0) is 22.1 Å². The van der Waals surface area contributed by atoms with E-state index in [1.54, 1.807) is 10.9 Å². The maximum Gasteiger partial charge on any atom is 0.237 e. The first-order valence-corrected chi connectivity index (χ1v) is 9.28. The monoisotopic (exact) mass is 350 g/mol. The molecule has 3 heterocycles. The summed E-state index contributed by atoms with van der Waals surface area (Å²) in [6.45, 7) is 0.604. The summed E-state index contributed by atoms with van der Waals surface area (Å²) in [5, 5.41) is 7.36. The molecule has 1 saturated heterocycles. The minimum atomic E-state index is -0.723. The Hall–Kier alpha value is -2.63. The summed E-state index contributed by atoms with van der Waals surface area (Å²) in [4.78, 5) is 28.1. The average Bonchev–Trinajstić information content (AvgIpc) is 3.09. The lowest BCUT2D eigenvalue weighted by atomic mass is 9.73. The zero-order valence-electron chi connectivity index (χ0n) is 14.8. The summed E-state index contributed by atoms with van der Waals surface area (Å²) in [5.74, 6) is 0.683. The van der Waals surface area contributed by atoms with Gasteiger partial charge in [0, 0.05) is 37.5 Å². The number of aryl methyl sites for hydroxylation is 1. The molecule has 2 fully saturated rings. The van der Waals surface area contributed by atoms with Crippen molar-refractivity contribution in [2.45, 2.75) is 37.1 Å². The van der Waals surface area contributed by atoms with Crippen LogP contribution >= 0.6 is 0 Å². The lowest BCUT2D eigenvalue weighted by molar-refractivity contribution is -0.133. The molecule has 1 aromatic heterocycles. The fraction of sp³-hybridized carbons (Fsp3) is 0.450. The molecule has 134 valence electrons. The highest BCUT2D eigenvalue weighted by atomic mass is 16.2. The number of rotatable bonds is 3. The molecule has 1 spiro atoms. The third-order valence-electron chi connectivity index (χ3n) is 6.11. The van der Waals surface area contributed by atoms with Gasteiger partial charge in [0.15, 0.2) is 0 Å². The molecule has 0 radical (unpaired) electrons. The van der Waals surface area contributed by atoms with Crippen LogP contribution in [0.4, 0.5) is 5.69 Å². The number of nitrogens with one attached hydrogen (secondary N) is 1. The van der Waals surface area contributed by atoms with Crippen molar-refractivity contribution < 1.29 is 9.59 Å². The number of carbonyl (C=O) groups excluding carboxylic acids is 2. The van der Waals surface area contributed by atoms with Gasteiger partial charge in [0.2, 0.25) is 11.8 Å². The second-order valence-electron chi connectivity index (χ2n) is 7.81. The van der Waals surface area contributed by atoms with Gasteiger partial charge in [-0.05, 0) is 36.8 Å². The fourth-order valence-electron chi connectivity index (χ4n) is 4.69. The average molecular weight is 350 g/mol. The van der Waals surface area contributed by atoms with Crippen molar-refractivity contribution in [2.24, 2.45) is 13.0 Å². The molecule has 0 bridgehead atoms. The van der Waals surface area contributed by atoms with E-state index in [4.69, 9.17) is 0 Å². The van der Waals surface area contributed by atoms with E-state index in [0.717, 1.165) is 29.7 Å². The highest BCUT2D eigenvalue weighted by Gasteiger charge is 2.59. The molecule has 2 unspecified atom stereocenters. The largest absolute Gasteiger partial charge is 0.334 e. The topological polar surface area (TPSA) is 67.2 Å². The van der Waals surface area contributed by atoms with E-state index < -0.39 is 5.41 Å². The lowest BCUT2D eigenvalue weighted by Gasteiger charge is -2.33. The Morgan fingerprint density at radius 3 is 2.88 bits per heavy atom. The van der Waals surface area contributed by atoms with E-state index in [1.165, 1.54) is 0 Å². The van der Waals surface area contributed by atoms with Crippen LogP contribution in [0.1, 0.15) is 42.9 Å². The molecule has 2 amide bonds. The van der Waals surface area contributed by atoms with Gasteiger partial charge in [-0.1, -0.05) is 18.2 Å². The van der Waals surface area contributed by atoms with Crippen molar-refractivity contribution in [3.63, 3.8) is 0 Å². The molecule has 6 nitrogen and oxygen atoms in total. The third-order valence-corrected chi connectivity index (χ3v) is 6.11. The van der Waals surface area contributed by atoms with Crippen LogP contribution in [0, 0.1) is 5.92 Å². The van der Waals surface area contributed by atoms with Gasteiger partial charge in [0.1, 0.15) is 5.41 Å². The standard InChI is InChI=1S/C20H22N4O2/c1-23-12-14(11-21-23)18-20(8-9-24(18)17(25)10-13-6-7-13)15-4-2-3-5-16(15)22-19(20)26/h2-5,11-13,18H,6-10H2,1H3,(H,22,26). The number of nitrogens with zero attached hydrogens (tertiary/aromatic N) is 3. The maximum absolute atomic E-state index is 13.2. The van der Waals surface area contributed by atoms with Gasteiger partial charge in [-0.25, -0.2) is 0 Å². The van der Waals surface area contributed by atoms with Gasteiger partial charge >= 0.3 is 0 Å². The van der Waals surface area contributed by atoms with Crippen LogP contribution in [0.2, 0.25) is 0 Å². The second-order valence-corrected chi connectivity index (χ2v) is 7.81. The predicted octanol–water partition coefficient (Wildman–Crippen LogP) is 2.38. The zero-order valence-corrected chi connectivity index (χ0v) is 14.8.